The first-order chi connectivity index (χ1) is 11.1. The standard InChI is InChI=1S/C16H22N2O4S/c1-3-22-13-6-4-12(5-7-13)18-15(20)14(19)17-10-16(21-2)8-9-23-11-16/h4-7H,3,8-11H2,1-2H3,(H,17,19)(H,18,20). The predicted molar refractivity (Wildman–Crippen MR) is 90.9 cm³/mol. The largest absolute Gasteiger partial charge is 0.494 e. The molecule has 2 N–H and O–H groups in total. The van der Waals surface area contributed by atoms with Crippen molar-refractivity contribution < 1.29 is 19.1 Å². The highest BCUT2D eigenvalue weighted by atomic mass is 32.2. The van der Waals surface area contributed by atoms with E-state index in [0.29, 0.717) is 18.8 Å². The summed E-state index contributed by atoms with van der Waals surface area (Å²) < 4.78 is 10.8. The molecule has 2 amide bonds. The van der Waals surface area contributed by atoms with E-state index in [0.717, 1.165) is 23.7 Å². The van der Waals surface area contributed by atoms with Gasteiger partial charge in [-0.15, -0.1) is 0 Å². The Morgan fingerprint density at radius 1 is 1.26 bits per heavy atom. The third kappa shape index (κ3) is 4.87. The fourth-order valence-corrected chi connectivity index (χ4v) is 3.67. The molecule has 7 heteroatoms. The Balaban J connectivity index is 1.83. The number of rotatable bonds is 6. The molecule has 6 nitrogen and oxygen atoms in total. The Labute approximate surface area is 140 Å². The number of nitrogens with one attached hydrogen (secondary N) is 2. The van der Waals surface area contributed by atoms with Gasteiger partial charge in [-0.3, -0.25) is 9.59 Å². The second-order valence-corrected chi connectivity index (χ2v) is 6.39. The first-order valence-electron chi connectivity index (χ1n) is 7.53. The van der Waals surface area contributed by atoms with E-state index in [-0.39, 0.29) is 5.60 Å². The number of benzene rings is 1. The van der Waals surface area contributed by atoms with E-state index in [4.69, 9.17) is 9.47 Å². The molecular weight excluding hydrogens is 316 g/mol. The molecule has 1 aromatic carbocycles. The van der Waals surface area contributed by atoms with Gasteiger partial charge in [0.2, 0.25) is 0 Å². The molecule has 1 aliphatic heterocycles. The molecule has 1 fully saturated rings. The Kier molecular flexibility index (Phi) is 6.29. The van der Waals surface area contributed by atoms with Gasteiger partial charge in [0.15, 0.2) is 0 Å². The van der Waals surface area contributed by atoms with Gasteiger partial charge in [0.05, 0.1) is 12.2 Å². The van der Waals surface area contributed by atoms with Gasteiger partial charge in [-0.2, -0.15) is 11.8 Å². The Hall–Kier alpha value is -1.73. The Morgan fingerprint density at radius 2 is 2.00 bits per heavy atom. The topological polar surface area (TPSA) is 76.7 Å². The highest BCUT2D eigenvalue weighted by Crippen LogP contribution is 2.30. The third-order valence-corrected chi connectivity index (χ3v) is 4.92. The van der Waals surface area contributed by atoms with Crippen molar-refractivity contribution in [1.29, 1.82) is 0 Å². The maximum absolute atomic E-state index is 11.9. The molecule has 0 radical (unpaired) electrons. The normalized spacial score (nSPS) is 20.1. The van der Waals surface area contributed by atoms with Crippen molar-refractivity contribution >= 4 is 29.3 Å². The minimum atomic E-state index is -0.689. The summed E-state index contributed by atoms with van der Waals surface area (Å²) in [5.74, 6) is 1.20. The monoisotopic (exact) mass is 338 g/mol. The molecule has 0 bridgehead atoms. The van der Waals surface area contributed by atoms with Crippen molar-refractivity contribution in [2.75, 3.05) is 37.1 Å². The average Bonchev–Trinajstić information content (AvgIpc) is 3.04. The molecule has 0 aliphatic carbocycles. The van der Waals surface area contributed by atoms with E-state index >= 15 is 0 Å². The number of ether oxygens (including phenoxy) is 2. The summed E-state index contributed by atoms with van der Waals surface area (Å²) in [4.78, 5) is 23.8. The SMILES string of the molecule is CCOc1ccc(NC(=O)C(=O)NCC2(OC)CCSC2)cc1. The van der Waals surface area contributed by atoms with Crippen LogP contribution >= 0.6 is 11.8 Å². The molecule has 23 heavy (non-hydrogen) atoms. The van der Waals surface area contributed by atoms with Gasteiger partial charge in [-0.1, -0.05) is 0 Å². The van der Waals surface area contributed by atoms with Gasteiger partial charge in [-0.05, 0) is 43.4 Å². The summed E-state index contributed by atoms with van der Waals surface area (Å²) in [6.45, 7) is 2.81. The van der Waals surface area contributed by atoms with Gasteiger partial charge in [0, 0.05) is 25.1 Å². The van der Waals surface area contributed by atoms with E-state index in [2.05, 4.69) is 10.6 Å². The van der Waals surface area contributed by atoms with Crippen molar-refractivity contribution in [2.24, 2.45) is 0 Å². The molecule has 0 saturated carbocycles. The highest BCUT2D eigenvalue weighted by Gasteiger charge is 2.35. The van der Waals surface area contributed by atoms with Gasteiger partial charge in [-0.25, -0.2) is 0 Å². The summed E-state index contributed by atoms with van der Waals surface area (Å²) in [6.07, 6.45) is 0.870. The summed E-state index contributed by atoms with van der Waals surface area (Å²) in [5, 5.41) is 5.22. The van der Waals surface area contributed by atoms with Crippen molar-refractivity contribution in [3.05, 3.63) is 24.3 Å². The van der Waals surface area contributed by atoms with Crippen LogP contribution in [0.3, 0.4) is 0 Å². The molecule has 126 valence electrons. The number of thioether (sulfide) groups is 1. The van der Waals surface area contributed by atoms with Crippen LogP contribution in [0.1, 0.15) is 13.3 Å². The van der Waals surface area contributed by atoms with Crippen LogP contribution in [0, 0.1) is 0 Å². The van der Waals surface area contributed by atoms with Crippen LogP contribution in [-0.2, 0) is 14.3 Å². The van der Waals surface area contributed by atoms with E-state index in [1.54, 1.807) is 43.1 Å². The van der Waals surface area contributed by atoms with E-state index in [1.807, 2.05) is 6.92 Å². The number of hydrogen-bond acceptors (Lipinski definition) is 5. The molecule has 1 saturated heterocycles. The Bertz CT molecular complexity index is 542. The quantitative estimate of drug-likeness (QED) is 0.772. The molecule has 0 spiro atoms. The van der Waals surface area contributed by atoms with Crippen molar-refractivity contribution in [3.63, 3.8) is 0 Å². The lowest BCUT2D eigenvalue weighted by molar-refractivity contribution is -0.136. The van der Waals surface area contributed by atoms with E-state index in [1.165, 1.54) is 0 Å². The van der Waals surface area contributed by atoms with Crippen LogP contribution in [0.15, 0.2) is 24.3 Å². The first kappa shape index (κ1) is 17.6. The van der Waals surface area contributed by atoms with Gasteiger partial charge in [0.25, 0.3) is 0 Å². The number of carbonyl (C=O) groups excluding carboxylic acids is 2. The summed E-state index contributed by atoms with van der Waals surface area (Å²) in [7, 11) is 1.64. The van der Waals surface area contributed by atoms with Crippen LogP contribution in [-0.4, -0.2) is 49.2 Å². The van der Waals surface area contributed by atoms with Crippen molar-refractivity contribution in [1.82, 2.24) is 5.32 Å². The van der Waals surface area contributed by atoms with Crippen molar-refractivity contribution in [3.8, 4) is 5.75 Å². The molecule has 0 aromatic heterocycles. The Morgan fingerprint density at radius 3 is 2.57 bits per heavy atom. The van der Waals surface area contributed by atoms with E-state index in [9.17, 15) is 9.59 Å². The fraction of sp³-hybridized carbons (Fsp3) is 0.500. The summed E-state index contributed by atoms with van der Waals surface area (Å²) in [5.41, 5.74) is 0.186. The van der Waals surface area contributed by atoms with Gasteiger partial charge < -0.3 is 20.1 Å². The third-order valence-electron chi connectivity index (χ3n) is 3.70. The fourth-order valence-electron chi connectivity index (χ4n) is 2.27. The minimum Gasteiger partial charge on any atom is -0.494 e. The smallest absolute Gasteiger partial charge is 0.313 e. The predicted octanol–water partition coefficient (Wildman–Crippen LogP) is 1.66. The lowest BCUT2D eigenvalue weighted by atomic mass is 10.0. The van der Waals surface area contributed by atoms with Crippen LogP contribution in [0.2, 0.25) is 0 Å². The highest BCUT2D eigenvalue weighted by molar-refractivity contribution is 7.99. The zero-order valence-electron chi connectivity index (χ0n) is 13.4. The molecule has 1 aliphatic rings. The number of anilines is 1. The van der Waals surface area contributed by atoms with Crippen LogP contribution < -0.4 is 15.4 Å². The number of hydrogen-bond donors (Lipinski definition) is 2. The number of amides is 2. The zero-order valence-corrected chi connectivity index (χ0v) is 14.2. The maximum Gasteiger partial charge on any atom is 0.313 e. The summed E-state index contributed by atoms with van der Waals surface area (Å²) >= 11 is 1.78. The second-order valence-electron chi connectivity index (χ2n) is 5.28. The number of carbonyl (C=O) groups is 2. The van der Waals surface area contributed by atoms with Gasteiger partial charge in [0.1, 0.15) is 5.75 Å². The van der Waals surface area contributed by atoms with Crippen LogP contribution in [0.4, 0.5) is 5.69 Å². The lowest BCUT2D eigenvalue weighted by Crippen LogP contribution is -2.47. The van der Waals surface area contributed by atoms with Gasteiger partial charge >= 0.3 is 11.8 Å². The van der Waals surface area contributed by atoms with Crippen LogP contribution in [0.5, 0.6) is 5.75 Å². The minimum absolute atomic E-state index is 0.339. The molecule has 1 aromatic rings. The van der Waals surface area contributed by atoms with Crippen molar-refractivity contribution in [2.45, 2.75) is 18.9 Å². The average molecular weight is 338 g/mol. The molecule has 2 rings (SSSR count). The lowest BCUT2D eigenvalue weighted by Gasteiger charge is -2.26. The molecule has 1 heterocycles. The summed E-state index contributed by atoms with van der Waals surface area (Å²) in [6, 6.07) is 6.88. The second kappa shape index (κ2) is 8.21. The number of methoxy groups -OCH3 is 1. The molecule has 1 atom stereocenters. The maximum atomic E-state index is 11.9. The first-order valence-corrected chi connectivity index (χ1v) is 8.69. The zero-order chi connectivity index (χ0) is 16.7. The molecule has 1 unspecified atom stereocenters. The molecular formula is C16H22N2O4S. The van der Waals surface area contributed by atoms with Crippen LogP contribution in [0.25, 0.3) is 0 Å². The van der Waals surface area contributed by atoms with E-state index < -0.39 is 11.8 Å².